The van der Waals surface area contributed by atoms with Gasteiger partial charge in [-0.15, -0.1) is 0 Å². The van der Waals surface area contributed by atoms with Crippen LogP contribution in [-0.2, 0) is 13.5 Å². The molecule has 0 aliphatic carbocycles. The summed E-state index contributed by atoms with van der Waals surface area (Å²) in [7, 11) is 1.65. The van der Waals surface area contributed by atoms with E-state index in [4.69, 9.17) is 4.42 Å². The number of carboxylic acids is 1. The molecule has 3 rings (SSSR count). The van der Waals surface area contributed by atoms with Gasteiger partial charge in [-0.3, -0.25) is 4.79 Å². The first-order valence-electron chi connectivity index (χ1n) is 7.82. The number of carboxylic acid groups (broad SMARTS) is 1. The molecule has 0 radical (unpaired) electrons. The maximum Gasteiger partial charge on any atom is 0.340 e. The predicted octanol–water partition coefficient (Wildman–Crippen LogP) is 3.72. The summed E-state index contributed by atoms with van der Waals surface area (Å²) in [5.41, 5.74) is 0.799. The molecule has 0 saturated heterocycles. The monoisotopic (exact) mass is 313 g/mol. The minimum Gasteiger partial charge on any atom is -0.478 e. The van der Waals surface area contributed by atoms with Crippen LogP contribution in [0.3, 0.4) is 0 Å². The van der Waals surface area contributed by atoms with Crippen molar-refractivity contribution in [2.45, 2.75) is 32.6 Å². The smallest absolute Gasteiger partial charge is 0.340 e. The zero-order chi connectivity index (χ0) is 16.6. The van der Waals surface area contributed by atoms with Crippen LogP contribution in [0.5, 0.6) is 0 Å². The number of unbranched alkanes of at least 4 members (excludes halogenated alkanes) is 2. The number of aryl methyl sites for hydroxylation is 2. The van der Waals surface area contributed by atoms with Crippen LogP contribution in [0.4, 0.5) is 0 Å². The maximum absolute atomic E-state index is 12.7. The van der Waals surface area contributed by atoms with Gasteiger partial charge in [0.25, 0.3) is 5.56 Å². The molecule has 5 heteroatoms. The topological polar surface area (TPSA) is 72.4 Å². The number of pyridine rings is 1. The van der Waals surface area contributed by atoms with E-state index in [0.717, 1.165) is 30.2 Å². The van der Waals surface area contributed by atoms with E-state index < -0.39 is 5.97 Å². The molecule has 1 N–H and O–H groups in total. The lowest BCUT2D eigenvalue weighted by Gasteiger charge is -2.04. The van der Waals surface area contributed by atoms with Crippen LogP contribution >= 0.6 is 0 Å². The van der Waals surface area contributed by atoms with Crippen molar-refractivity contribution in [1.82, 2.24) is 4.57 Å². The summed E-state index contributed by atoms with van der Waals surface area (Å²) in [6.45, 7) is 2.08. The van der Waals surface area contributed by atoms with Crippen LogP contribution in [0.25, 0.3) is 21.9 Å². The molecule has 2 heterocycles. The second-order valence-corrected chi connectivity index (χ2v) is 5.75. The number of rotatable bonds is 5. The van der Waals surface area contributed by atoms with Crippen LogP contribution in [0.15, 0.2) is 33.5 Å². The summed E-state index contributed by atoms with van der Waals surface area (Å²) in [4.78, 5) is 24.4. The van der Waals surface area contributed by atoms with Crippen LogP contribution in [0.1, 0.15) is 42.3 Å². The predicted molar refractivity (Wildman–Crippen MR) is 89.1 cm³/mol. The van der Waals surface area contributed by atoms with Gasteiger partial charge in [0.15, 0.2) is 0 Å². The van der Waals surface area contributed by atoms with Crippen LogP contribution in [0, 0.1) is 0 Å². The zero-order valence-corrected chi connectivity index (χ0v) is 13.3. The van der Waals surface area contributed by atoms with Gasteiger partial charge < -0.3 is 14.1 Å². The number of fused-ring (bicyclic) bond motifs is 3. The van der Waals surface area contributed by atoms with Crippen LogP contribution in [-0.4, -0.2) is 15.6 Å². The molecule has 0 unspecified atom stereocenters. The second-order valence-electron chi connectivity index (χ2n) is 5.75. The summed E-state index contributed by atoms with van der Waals surface area (Å²) in [5.74, 6) is -0.711. The van der Waals surface area contributed by atoms with Gasteiger partial charge in [0.05, 0.1) is 5.52 Å². The Morgan fingerprint density at radius 3 is 2.70 bits per heavy atom. The number of benzene rings is 1. The Kier molecular flexibility index (Phi) is 3.94. The van der Waals surface area contributed by atoms with Crippen molar-refractivity contribution in [1.29, 1.82) is 0 Å². The summed E-state index contributed by atoms with van der Waals surface area (Å²) in [5, 5.41) is 10.5. The number of hydrogen-bond donors (Lipinski definition) is 1. The quantitative estimate of drug-likeness (QED) is 0.729. The highest BCUT2D eigenvalue weighted by Crippen LogP contribution is 2.30. The molecule has 0 fully saturated rings. The first-order valence-corrected chi connectivity index (χ1v) is 7.82. The van der Waals surface area contributed by atoms with Gasteiger partial charge >= 0.3 is 5.97 Å². The lowest BCUT2D eigenvalue weighted by molar-refractivity contribution is 0.0696. The molecule has 0 atom stereocenters. The fraction of sp³-hybridized carbons (Fsp3) is 0.333. The standard InChI is InChI=1S/C18H19NO4/c1-3-4-5-10-13-14(18(21)22)15-16(23-13)11-8-6-7-9-12(11)19(2)17(15)20/h6-9H,3-5,10H2,1-2H3,(H,21,22). The van der Waals surface area contributed by atoms with Gasteiger partial charge in [0.2, 0.25) is 0 Å². The van der Waals surface area contributed by atoms with Gasteiger partial charge in [0.1, 0.15) is 22.3 Å². The molecule has 0 saturated carbocycles. The average Bonchev–Trinajstić information content (AvgIpc) is 2.93. The van der Waals surface area contributed by atoms with Crippen molar-refractivity contribution in [3.63, 3.8) is 0 Å². The third-order valence-corrected chi connectivity index (χ3v) is 4.23. The molecule has 120 valence electrons. The first kappa shape index (κ1) is 15.3. The number of furan rings is 1. The van der Waals surface area contributed by atoms with Gasteiger partial charge in [0, 0.05) is 18.9 Å². The number of carbonyl (C=O) groups is 1. The van der Waals surface area contributed by atoms with Gasteiger partial charge in [-0.05, 0) is 18.6 Å². The Hall–Kier alpha value is -2.56. The SMILES string of the molecule is CCCCCc1oc2c(c1C(=O)O)c(=O)n(C)c1ccccc21. The second kappa shape index (κ2) is 5.91. The highest BCUT2D eigenvalue weighted by atomic mass is 16.4. The fourth-order valence-corrected chi connectivity index (χ4v) is 3.04. The van der Waals surface area contributed by atoms with E-state index in [1.807, 2.05) is 24.3 Å². The first-order chi connectivity index (χ1) is 11.1. The summed E-state index contributed by atoms with van der Waals surface area (Å²) >= 11 is 0. The van der Waals surface area contributed by atoms with E-state index in [0.29, 0.717) is 17.8 Å². The van der Waals surface area contributed by atoms with Crippen molar-refractivity contribution < 1.29 is 14.3 Å². The van der Waals surface area contributed by atoms with Gasteiger partial charge in [-0.1, -0.05) is 31.9 Å². The number of nitrogens with zero attached hydrogens (tertiary/aromatic N) is 1. The lowest BCUT2D eigenvalue weighted by Crippen LogP contribution is -2.18. The molecular formula is C18H19NO4. The van der Waals surface area contributed by atoms with E-state index in [1.54, 1.807) is 7.05 Å². The largest absolute Gasteiger partial charge is 0.478 e. The summed E-state index contributed by atoms with van der Waals surface area (Å²) < 4.78 is 7.34. The number of hydrogen-bond acceptors (Lipinski definition) is 3. The molecule has 0 aliphatic rings. The molecule has 0 bridgehead atoms. The molecule has 3 aromatic rings. The van der Waals surface area contributed by atoms with Gasteiger partial charge in [-0.2, -0.15) is 0 Å². The molecular weight excluding hydrogens is 294 g/mol. The third kappa shape index (κ3) is 2.42. The average molecular weight is 313 g/mol. The summed E-state index contributed by atoms with van der Waals surface area (Å²) in [6, 6.07) is 7.38. The van der Waals surface area contributed by atoms with Crippen LogP contribution in [0.2, 0.25) is 0 Å². The van der Waals surface area contributed by atoms with Gasteiger partial charge in [-0.25, -0.2) is 4.79 Å². The van der Waals surface area contributed by atoms with E-state index >= 15 is 0 Å². The number of aromatic nitrogens is 1. The Morgan fingerprint density at radius 1 is 1.26 bits per heavy atom. The van der Waals surface area contributed by atoms with Crippen molar-refractivity contribution in [2.24, 2.45) is 7.05 Å². The van der Waals surface area contributed by atoms with E-state index in [1.165, 1.54) is 4.57 Å². The van der Waals surface area contributed by atoms with Crippen molar-refractivity contribution in [3.05, 3.63) is 45.9 Å². The Labute approximate surface area is 133 Å². The maximum atomic E-state index is 12.7. The molecule has 1 aromatic carbocycles. The third-order valence-electron chi connectivity index (χ3n) is 4.23. The highest BCUT2D eigenvalue weighted by Gasteiger charge is 2.25. The van der Waals surface area contributed by atoms with Crippen LogP contribution < -0.4 is 5.56 Å². The Bertz CT molecular complexity index is 949. The molecule has 5 nitrogen and oxygen atoms in total. The van der Waals surface area contributed by atoms with E-state index in [9.17, 15) is 14.7 Å². The highest BCUT2D eigenvalue weighted by molar-refractivity contribution is 6.11. The minimum absolute atomic E-state index is 0.0162. The normalized spacial score (nSPS) is 11.4. The zero-order valence-electron chi connectivity index (χ0n) is 13.3. The van der Waals surface area contributed by atoms with Crippen molar-refractivity contribution >= 4 is 27.8 Å². The number of para-hydroxylation sites is 1. The lowest BCUT2D eigenvalue weighted by atomic mass is 10.1. The Morgan fingerprint density at radius 2 is 2.00 bits per heavy atom. The Balaban J connectivity index is 2.37. The molecule has 0 aliphatic heterocycles. The van der Waals surface area contributed by atoms with E-state index in [-0.39, 0.29) is 16.5 Å². The molecule has 0 amide bonds. The molecule has 2 aromatic heterocycles. The molecule has 23 heavy (non-hydrogen) atoms. The van der Waals surface area contributed by atoms with Crippen molar-refractivity contribution in [2.75, 3.05) is 0 Å². The van der Waals surface area contributed by atoms with E-state index in [2.05, 4.69) is 6.92 Å². The minimum atomic E-state index is -1.11. The fourth-order valence-electron chi connectivity index (χ4n) is 3.04. The summed E-state index contributed by atoms with van der Waals surface area (Å²) in [6.07, 6.45) is 3.40. The number of aromatic carboxylic acids is 1. The molecule has 0 spiro atoms. The van der Waals surface area contributed by atoms with Crippen molar-refractivity contribution in [3.8, 4) is 0 Å².